The second-order valence-corrected chi connectivity index (χ2v) is 6.98. The van der Waals surface area contributed by atoms with Gasteiger partial charge in [0, 0.05) is 42.3 Å². The number of hydrogen-bond donors (Lipinski definition) is 2. The molecule has 0 bridgehead atoms. The van der Waals surface area contributed by atoms with Gasteiger partial charge in [-0.15, -0.1) is 0 Å². The Morgan fingerprint density at radius 3 is 2.67 bits per heavy atom. The molecule has 0 radical (unpaired) electrons. The Kier molecular flexibility index (Phi) is 6.75. The van der Waals surface area contributed by atoms with Crippen LogP contribution in [-0.4, -0.2) is 30.9 Å². The van der Waals surface area contributed by atoms with E-state index in [0.29, 0.717) is 18.7 Å². The van der Waals surface area contributed by atoms with E-state index in [9.17, 15) is 23.5 Å². The van der Waals surface area contributed by atoms with Crippen LogP contribution in [0.5, 0.6) is 5.75 Å². The zero-order valence-electron chi connectivity index (χ0n) is 15.4. The summed E-state index contributed by atoms with van der Waals surface area (Å²) in [6.07, 6.45) is 0.691. The van der Waals surface area contributed by atoms with E-state index in [0.717, 1.165) is 15.9 Å². The monoisotopic (exact) mass is 392 g/mol. The Hall–Kier alpha value is -2.65. The van der Waals surface area contributed by atoms with Gasteiger partial charge in [0.2, 0.25) is 5.43 Å². The molecule has 0 saturated heterocycles. The van der Waals surface area contributed by atoms with Gasteiger partial charge in [0.25, 0.3) is 5.91 Å². The van der Waals surface area contributed by atoms with Crippen molar-refractivity contribution in [2.75, 3.05) is 10.8 Å². The molecule has 0 aliphatic rings. The summed E-state index contributed by atoms with van der Waals surface area (Å²) in [4.78, 5) is 24.4. The van der Waals surface area contributed by atoms with Crippen molar-refractivity contribution in [3.8, 4) is 5.75 Å². The predicted molar refractivity (Wildman–Crippen MR) is 102 cm³/mol. The number of nitrogens with zero attached hydrogens (tertiary/aromatic N) is 2. The predicted octanol–water partition coefficient (Wildman–Crippen LogP) is 1.34. The molecule has 27 heavy (non-hydrogen) atoms. The van der Waals surface area contributed by atoms with Gasteiger partial charge in [-0.05, 0) is 31.0 Å². The Bertz CT molecular complexity index is 926. The van der Waals surface area contributed by atoms with E-state index in [1.54, 1.807) is 18.2 Å². The average Bonchev–Trinajstić information content (AvgIpc) is 2.61. The van der Waals surface area contributed by atoms with E-state index in [-0.39, 0.29) is 17.9 Å². The van der Waals surface area contributed by atoms with Crippen LogP contribution in [0.1, 0.15) is 35.1 Å². The van der Waals surface area contributed by atoms with E-state index >= 15 is 0 Å². The molecule has 2 rings (SSSR count). The molecule has 8 nitrogen and oxygen atoms in total. The molecule has 1 aromatic carbocycles. The van der Waals surface area contributed by atoms with Gasteiger partial charge in [-0.2, -0.15) is 0 Å². The molecule has 2 aromatic rings. The minimum absolute atomic E-state index is 0.167. The lowest BCUT2D eigenvalue weighted by Crippen LogP contribution is -2.32. The van der Waals surface area contributed by atoms with Crippen molar-refractivity contribution in [1.29, 1.82) is 0 Å². The number of rotatable bonds is 7. The lowest BCUT2D eigenvalue weighted by Gasteiger charge is -2.28. The third-order valence-corrected chi connectivity index (χ3v) is 4.75. The fourth-order valence-corrected chi connectivity index (χ4v) is 3.15. The summed E-state index contributed by atoms with van der Waals surface area (Å²) in [7, 11) is 1.50. The van der Waals surface area contributed by atoms with Gasteiger partial charge in [0.15, 0.2) is 11.4 Å². The van der Waals surface area contributed by atoms with Crippen LogP contribution in [0.3, 0.4) is 0 Å². The van der Waals surface area contributed by atoms with Gasteiger partial charge in [0.1, 0.15) is 0 Å². The molecule has 9 heteroatoms. The SMILES string of the molecule is CCCNC(=O)c1c(O)c(=O)cc(CN(c2cccc(C)c2)S(=O)[O-])n1C. The first-order valence-corrected chi connectivity index (χ1v) is 9.43. The fourth-order valence-electron chi connectivity index (χ4n) is 2.63. The maximum Gasteiger partial charge on any atom is 0.271 e. The summed E-state index contributed by atoms with van der Waals surface area (Å²) in [6.45, 7) is 3.93. The highest BCUT2D eigenvalue weighted by molar-refractivity contribution is 7.80. The van der Waals surface area contributed by atoms with Gasteiger partial charge in [-0.1, -0.05) is 19.1 Å². The molecule has 0 saturated carbocycles. The molecule has 1 aromatic heterocycles. The smallest absolute Gasteiger partial charge is 0.271 e. The quantitative estimate of drug-likeness (QED) is 0.690. The van der Waals surface area contributed by atoms with E-state index < -0.39 is 28.4 Å². The number of aromatic hydroxyl groups is 1. The molecule has 146 valence electrons. The Morgan fingerprint density at radius 2 is 2.07 bits per heavy atom. The van der Waals surface area contributed by atoms with Gasteiger partial charge in [-0.3, -0.25) is 18.1 Å². The maximum absolute atomic E-state index is 12.3. The number of aromatic nitrogens is 1. The molecule has 1 amide bonds. The third-order valence-electron chi connectivity index (χ3n) is 4.05. The zero-order chi connectivity index (χ0) is 20.1. The molecule has 2 N–H and O–H groups in total. The number of nitrogens with one attached hydrogen (secondary N) is 1. The second-order valence-electron chi connectivity index (χ2n) is 6.10. The molecule has 1 atom stereocenters. The topological polar surface area (TPSA) is 115 Å². The van der Waals surface area contributed by atoms with Crippen molar-refractivity contribution in [3.63, 3.8) is 0 Å². The molecule has 0 fully saturated rings. The van der Waals surface area contributed by atoms with Crippen molar-refractivity contribution in [3.05, 3.63) is 57.5 Å². The lowest BCUT2D eigenvalue weighted by atomic mass is 10.2. The van der Waals surface area contributed by atoms with Crippen molar-refractivity contribution in [2.24, 2.45) is 7.05 Å². The van der Waals surface area contributed by atoms with Crippen LogP contribution in [0.4, 0.5) is 5.69 Å². The van der Waals surface area contributed by atoms with E-state index in [1.807, 2.05) is 19.9 Å². The normalized spacial score (nSPS) is 11.9. The summed E-state index contributed by atoms with van der Waals surface area (Å²) in [5.74, 6) is -1.26. The highest BCUT2D eigenvalue weighted by atomic mass is 32.2. The standard InChI is InChI=1S/C18H23N3O5S/c1-4-8-19-18(24)16-17(23)15(22)10-14(20(16)3)11-21(27(25)26)13-7-5-6-12(2)9-13/h5-7,9-10,23H,4,8,11H2,1-3H3,(H,19,24)(H,25,26)/p-1. The van der Waals surface area contributed by atoms with Gasteiger partial charge in [-0.25, -0.2) is 0 Å². The number of carbonyl (C=O) groups excluding carboxylic acids is 1. The van der Waals surface area contributed by atoms with Crippen molar-refractivity contribution in [2.45, 2.75) is 26.8 Å². The van der Waals surface area contributed by atoms with Crippen LogP contribution in [0.25, 0.3) is 0 Å². The van der Waals surface area contributed by atoms with Crippen molar-refractivity contribution < 1.29 is 18.7 Å². The summed E-state index contributed by atoms with van der Waals surface area (Å²) in [6, 6.07) is 8.02. The van der Waals surface area contributed by atoms with Crippen molar-refractivity contribution >= 4 is 22.9 Å². The number of anilines is 1. The largest absolute Gasteiger partial charge is 0.755 e. The molecular weight excluding hydrogens is 370 g/mol. The number of hydrogen-bond acceptors (Lipinski definition) is 5. The van der Waals surface area contributed by atoms with Gasteiger partial charge >= 0.3 is 0 Å². The van der Waals surface area contributed by atoms with E-state index in [2.05, 4.69) is 5.32 Å². The first-order valence-electron chi connectivity index (χ1n) is 8.39. The fraction of sp³-hybridized carbons (Fsp3) is 0.333. The molecule has 0 spiro atoms. The van der Waals surface area contributed by atoms with Crippen LogP contribution in [0.2, 0.25) is 0 Å². The third kappa shape index (κ3) is 4.75. The first kappa shape index (κ1) is 20.7. The van der Waals surface area contributed by atoms with Crippen LogP contribution in [-0.2, 0) is 24.9 Å². The lowest BCUT2D eigenvalue weighted by molar-refractivity contribution is 0.0940. The number of pyridine rings is 1. The van der Waals surface area contributed by atoms with Crippen LogP contribution >= 0.6 is 0 Å². The zero-order valence-corrected chi connectivity index (χ0v) is 16.2. The summed E-state index contributed by atoms with van der Waals surface area (Å²) >= 11 is -2.60. The second kappa shape index (κ2) is 8.83. The summed E-state index contributed by atoms with van der Waals surface area (Å²) in [5, 5.41) is 12.6. The minimum Gasteiger partial charge on any atom is -0.755 e. The number of aryl methyl sites for hydroxylation is 1. The highest BCUT2D eigenvalue weighted by Gasteiger charge is 2.21. The first-order chi connectivity index (χ1) is 12.8. The molecule has 0 aliphatic carbocycles. The minimum atomic E-state index is -2.60. The summed E-state index contributed by atoms with van der Waals surface area (Å²) in [5.41, 5.74) is 0.630. The van der Waals surface area contributed by atoms with Crippen LogP contribution in [0, 0.1) is 6.92 Å². The molecular formula is C18H22N3O5S-. The Balaban J connectivity index is 2.48. The molecule has 1 heterocycles. The van der Waals surface area contributed by atoms with Crippen molar-refractivity contribution in [1.82, 2.24) is 9.88 Å². The summed E-state index contributed by atoms with van der Waals surface area (Å²) < 4.78 is 25.9. The van der Waals surface area contributed by atoms with E-state index in [1.165, 1.54) is 11.6 Å². The Labute approximate surface area is 159 Å². The van der Waals surface area contributed by atoms with E-state index in [4.69, 9.17) is 0 Å². The van der Waals surface area contributed by atoms with Crippen LogP contribution in [0.15, 0.2) is 35.1 Å². The average molecular weight is 392 g/mol. The Morgan fingerprint density at radius 1 is 1.37 bits per heavy atom. The van der Waals surface area contributed by atoms with Gasteiger partial charge in [0.05, 0.1) is 6.54 Å². The molecule has 1 unspecified atom stereocenters. The van der Waals surface area contributed by atoms with Gasteiger partial charge < -0.3 is 19.5 Å². The number of benzene rings is 1. The highest BCUT2D eigenvalue weighted by Crippen LogP contribution is 2.21. The number of amides is 1. The maximum atomic E-state index is 12.3. The number of carbonyl (C=O) groups is 1. The van der Waals surface area contributed by atoms with Crippen LogP contribution < -0.4 is 15.1 Å². The molecule has 0 aliphatic heterocycles.